The summed E-state index contributed by atoms with van der Waals surface area (Å²) in [6, 6.07) is 9.78. The van der Waals surface area contributed by atoms with Crippen LogP contribution in [0.15, 0.2) is 57.1 Å². The van der Waals surface area contributed by atoms with Crippen molar-refractivity contribution in [3.8, 4) is 11.6 Å². The average molecular weight is 476 g/mol. The Hall–Kier alpha value is -2.63. The lowest BCUT2D eigenvalue weighted by Gasteiger charge is -2.25. The largest absolute Gasteiger partial charge is 0.461 e. The van der Waals surface area contributed by atoms with Crippen molar-refractivity contribution in [1.82, 2.24) is 14.8 Å². The van der Waals surface area contributed by atoms with Crippen LogP contribution in [0.3, 0.4) is 0 Å². The molecule has 1 fully saturated rings. The first kappa shape index (κ1) is 22.6. The number of aromatic nitrogens is 3. The quantitative estimate of drug-likeness (QED) is 0.496. The van der Waals surface area contributed by atoms with Crippen LogP contribution >= 0.6 is 11.8 Å². The fourth-order valence-electron chi connectivity index (χ4n) is 3.81. The Balaban J connectivity index is 1.54. The first-order valence-corrected chi connectivity index (χ1v) is 12.8. The third-order valence-electron chi connectivity index (χ3n) is 5.43. The number of carbonyl (C=O) groups is 1. The van der Waals surface area contributed by atoms with E-state index in [-0.39, 0.29) is 16.8 Å². The molecule has 9 nitrogen and oxygen atoms in total. The molecule has 3 aromatic rings. The molecule has 1 aliphatic rings. The molecule has 0 bridgehead atoms. The summed E-state index contributed by atoms with van der Waals surface area (Å²) in [6.07, 6.45) is 7.16. The van der Waals surface area contributed by atoms with Crippen molar-refractivity contribution in [2.75, 3.05) is 5.32 Å². The second-order valence-corrected chi connectivity index (χ2v) is 10.6. The Kier molecular flexibility index (Phi) is 6.68. The van der Waals surface area contributed by atoms with Gasteiger partial charge in [-0.05, 0) is 50.1 Å². The van der Waals surface area contributed by atoms with Crippen LogP contribution in [0.5, 0.6) is 0 Å². The number of primary sulfonamides is 1. The van der Waals surface area contributed by atoms with Crippen molar-refractivity contribution >= 4 is 33.4 Å². The highest BCUT2D eigenvalue weighted by molar-refractivity contribution is 8.00. The molecule has 1 saturated carbocycles. The van der Waals surface area contributed by atoms with E-state index in [1.165, 1.54) is 36.4 Å². The molecule has 1 aromatic carbocycles. The van der Waals surface area contributed by atoms with Crippen LogP contribution in [0.1, 0.15) is 45.1 Å². The third-order valence-corrected chi connectivity index (χ3v) is 7.40. The van der Waals surface area contributed by atoms with E-state index in [1.54, 1.807) is 19.3 Å². The lowest BCUT2D eigenvalue weighted by Crippen LogP contribution is -2.24. The van der Waals surface area contributed by atoms with Crippen molar-refractivity contribution in [3.63, 3.8) is 0 Å². The number of nitrogens with zero attached hydrogens (tertiary/aromatic N) is 3. The highest BCUT2D eigenvalue weighted by Gasteiger charge is 2.27. The molecule has 11 heteroatoms. The first-order valence-electron chi connectivity index (χ1n) is 10.4. The van der Waals surface area contributed by atoms with Crippen LogP contribution < -0.4 is 10.5 Å². The number of anilines is 1. The third kappa shape index (κ3) is 5.05. The summed E-state index contributed by atoms with van der Waals surface area (Å²) in [5.41, 5.74) is 0.360. The zero-order valence-electron chi connectivity index (χ0n) is 17.6. The van der Waals surface area contributed by atoms with E-state index in [4.69, 9.17) is 9.56 Å². The van der Waals surface area contributed by atoms with Gasteiger partial charge in [-0.3, -0.25) is 9.36 Å². The van der Waals surface area contributed by atoms with Crippen LogP contribution in [0, 0.1) is 0 Å². The highest BCUT2D eigenvalue weighted by Crippen LogP contribution is 2.36. The molecule has 170 valence electrons. The van der Waals surface area contributed by atoms with Gasteiger partial charge in [-0.2, -0.15) is 0 Å². The summed E-state index contributed by atoms with van der Waals surface area (Å²) in [6.45, 7) is 1.77. The Labute approximate surface area is 190 Å². The van der Waals surface area contributed by atoms with E-state index in [0.29, 0.717) is 22.4 Å². The van der Waals surface area contributed by atoms with Gasteiger partial charge in [-0.15, -0.1) is 10.2 Å². The maximum absolute atomic E-state index is 12.8. The average Bonchev–Trinajstić information content (AvgIpc) is 3.44. The van der Waals surface area contributed by atoms with E-state index < -0.39 is 15.3 Å². The predicted molar refractivity (Wildman–Crippen MR) is 122 cm³/mol. The smallest absolute Gasteiger partial charge is 0.238 e. The minimum Gasteiger partial charge on any atom is -0.461 e. The Morgan fingerprint density at radius 3 is 2.69 bits per heavy atom. The second kappa shape index (κ2) is 9.47. The van der Waals surface area contributed by atoms with Crippen LogP contribution in [0.4, 0.5) is 5.69 Å². The van der Waals surface area contributed by atoms with Gasteiger partial charge in [-0.25, -0.2) is 13.6 Å². The van der Waals surface area contributed by atoms with Gasteiger partial charge in [-0.1, -0.05) is 37.1 Å². The monoisotopic (exact) mass is 475 g/mol. The normalized spacial score (nSPS) is 16.1. The summed E-state index contributed by atoms with van der Waals surface area (Å²) in [5.74, 6) is 1.03. The summed E-state index contributed by atoms with van der Waals surface area (Å²) in [4.78, 5) is 12.8. The van der Waals surface area contributed by atoms with Crippen molar-refractivity contribution in [1.29, 1.82) is 0 Å². The Morgan fingerprint density at radius 2 is 2.00 bits per heavy atom. The number of rotatable bonds is 7. The molecule has 1 atom stereocenters. The second-order valence-electron chi connectivity index (χ2n) is 7.77. The van der Waals surface area contributed by atoms with Gasteiger partial charge in [0.2, 0.25) is 21.8 Å². The van der Waals surface area contributed by atoms with Gasteiger partial charge in [0.15, 0.2) is 10.9 Å². The number of furan rings is 1. The van der Waals surface area contributed by atoms with E-state index in [0.717, 1.165) is 25.7 Å². The number of sulfonamides is 1. The SMILES string of the molecule is CC(Sc1nnc(-c2ccco2)n1C1CCCCC1)C(=O)Nc1cccc(S(N)(=O)=O)c1. The Bertz CT molecular complexity index is 1180. The lowest BCUT2D eigenvalue weighted by molar-refractivity contribution is -0.115. The maximum atomic E-state index is 12.8. The zero-order valence-corrected chi connectivity index (χ0v) is 19.2. The maximum Gasteiger partial charge on any atom is 0.238 e. The molecule has 2 aromatic heterocycles. The van der Waals surface area contributed by atoms with Crippen molar-refractivity contribution in [2.24, 2.45) is 5.14 Å². The van der Waals surface area contributed by atoms with Crippen LogP contribution in [0.2, 0.25) is 0 Å². The number of nitrogens with one attached hydrogen (secondary N) is 1. The van der Waals surface area contributed by atoms with Crippen molar-refractivity contribution in [3.05, 3.63) is 42.7 Å². The van der Waals surface area contributed by atoms with E-state index in [1.807, 2.05) is 12.1 Å². The Morgan fingerprint density at radius 1 is 1.22 bits per heavy atom. The number of amides is 1. The fourth-order valence-corrected chi connectivity index (χ4v) is 5.28. The molecule has 0 spiro atoms. The molecule has 2 heterocycles. The number of carbonyl (C=O) groups excluding carboxylic acids is 1. The number of hydrogen-bond donors (Lipinski definition) is 2. The minimum absolute atomic E-state index is 0.0595. The standard InChI is InChI=1S/C21H25N5O4S2/c1-14(20(27)23-15-7-5-10-17(13-15)32(22,28)29)31-21-25-24-19(18-11-6-12-30-18)26(21)16-8-3-2-4-9-16/h5-7,10-14,16H,2-4,8-9H2,1H3,(H,23,27)(H2,22,28,29). The summed E-state index contributed by atoms with van der Waals surface area (Å²) in [5, 5.41) is 16.8. The van der Waals surface area contributed by atoms with Gasteiger partial charge >= 0.3 is 0 Å². The molecular weight excluding hydrogens is 450 g/mol. The van der Waals surface area contributed by atoms with Gasteiger partial charge < -0.3 is 9.73 Å². The molecule has 1 aliphatic carbocycles. The molecule has 1 amide bonds. The van der Waals surface area contributed by atoms with Crippen LogP contribution in [-0.4, -0.2) is 34.3 Å². The van der Waals surface area contributed by atoms with Crippen molar-refractivity contribution in [2.45, 2.75) is 60.4 Å². The van der Waals surface area contributed by atoms with Crippen LogP contribution in [0.25, 0.3) is 11.6 Å². The first-order chi connectivity index (χ1) is 15.3. The number of hydrogen-bond acceptors (Lipinski definition) is 7. The van der Waals surface area contributed by atoms with Gasteiger partial charge in [0.05, 0.1) is 16.4 Å². The van der Waals surface area contributed by atoms with Gasteiger partial charge in [0.25, 0.3) is 0 Å². The molecule has 4 rings (SSSR count). The van der Waals surface area contributed by atoms with Gasteiger partial charge in [0, 0.05) is 11.7 Å². The van der Waals surface area contributed by atoms with E-state index in [2.05, 4.69) is 20.1 Å². The summed E-state index contributed by atoms with van der Waals surface area (Å²) < 4.78 is 30.8. The number of thioether (sulfide) groups is 1. The minimum atomic E-state index is -3.85. The fraction of sp³-hybridized carbons (Fsp3) is 0.381. The van der Waals surface area contributed by atoms with Crippen LogP contribution in [-0.2, 0) is 14.8 Å². The summed E-state index contributed by atoms with van der Waals surface area (Å²) >= 11 is 1.31. The molecule has 32 heavy (non-hydrogen) atoms. The molecular formula is C21H25N5O4S2. The predicted octanol–water partition coefficient (Wildman–Crippen LogP) is 3.81. The number of benzene rings is 1. The lowest BCUT2D eigenvalue weighted by atomic mass is 9.95. The molecule has 0 radical (unpaired) electrons. The zero-order chi connectivity index (χ0) is 22.7. The molecule has 3 N–H and O–H groups in total. The van der Waals surface area contributed by atoms with E-state index >= 15 is 0 Å². The summed E-state index contributed by atoms with van der Waals surface area (Å²) in [7, 11) is -3.85. The van der Waals surface area contributed by atoms with Gasteiger partial charge in [0.1, 0.15) is 0 Å². The molecule has 0 aliphatic heterocycles. The molecule has 0 saturated heterocycles. The highest BCUT2D eigenvalue weighted by atomic mass is 32.2. The molecule has 1 unspecified atom stereocenters. The number of nitrogens with two attached hydrogens (primary N) is 1. The van der Waals surface area contributed by atoms with Crippen molar-refractivity contribution < 1.29 is 17.6 Å². The van der Waals surface area contributed by atoms with E-state index in [9.17, 15) is 13.2 Å². The topological polar surface area (TPSA) is 133 Å².